The van der Waals surface area contributed by atoms with Crippen molar-refractivity contribution in [3.05, 3.63) is 71.9 Å². The second kappa shape index (κ2) is 8.35. The summed E-state index contributed by atoms with van der Waals surface area (Å²) in [5.74, 6) is 1.43. The first kappa shape index (κ1) is 18.4. The minimum Gasteiger partial charge on any atom is -0.493 e. The Labute approximate surface area is 157 Å². The number of pyridine rings is 1. The maximum absolute atomic E-state index is 12.7. The molecule has 0 fully saturated rings. The molecule has 0 spiro atoms. The number of ether oxygens (including phenoxy) is 2. The fourth-order valence-electron chi connectivity index (χ4n) is 2.57. The molecule has 3 aromatic rings. The third-order valence-electron chi connectivity index (χ3n) is 4.29. The van der Waals surface area contributed by atoms with E-state index in [1.54, 1.807) is 49.7 Å². The van der Waals surface area contributed by atoms with Crippen molar-refractivity contribution < 1.29 is 18.8 Å². The lowest BCUT2D eigenvalue weighted by molar-refractivity contribution is 0.0731. The maximum atomic E-state index is 12.7. The molecule has 1 aromatic carbocycles. The number of nitrogens with zero attached hydrogens (tertiary/aromatic N) is 3. The van der Waals surface area contributed by atoms with E-state index in [0.717, 1.165) is 5.56 Å². The summed E-state index contributed by atoms with van der Waals surface area (Å²) < 4.78 is 16.2. The number of hydrogen-bond acceptors (Lipinski definition) is 6. The molecule has 2 heterocycles. The topological polar surface area (TPSA) is 77.7 Å². The van der Waals surface area contributed by atoms with Crippen LogP contribution in [0.3, 0.4) is 0 Å². The normalized spacial score (nSPS) is 11.7. The van der Waals surface area contributed by atoms with E-state index in [1.165, 1.54) is 0 Å². The number of para-hydroxylation sites is 2. The Hall–Kier alpha value is -3.35. The summed E-state index contributed by atoms with van der Waals surface area (Å²) in [6, 6.07) is 12.5. The van der Waals surface area contributed by atoms with Crippen LogP contribution in [0.4, 0.5) is 0 Å². The Kier molecular flexibility index (Phi) is 5.71. The molecule has 0 N–H and O–H groups in total. The largest absolute Gasteiger partial charge is 0.493 e. The minimum absolute atomic E-state index is 0.141. The van der Waals surface area contributed by atoms with E-state index < -0.39 is 0 Å². The van der Waals surface area contributed by atoms with Gasteiger partial charge in [0.15, 0.2) is 23.0 Å². The zero-order valence-corrected chi connectivity index (χ0v) is 15.5. The molecule has 0 saturated carbocycles. The summed E-state index contributed by atoms with van der Waals surface area (Å²) in [7, 11) is 3.30. The Morgan fingerprint density at radius 3 is 2.70 bits per heavy atom. The molecule has 1 amide bonds. The molecule has 1 unspecified atom stereocenters. The summed E-state index contributed by atoms with van der Waals surface area (Å²) >= 11 is 0. The summed E-state index contributed by atoms with van der Waals surface area (Å²) in [6.07, 6.45) is 3.44. The first-order valence-corrected chi connectivity index (χ1v) is 8.48. The quantitative estimate of drug-likeness (QED) is 0.636. The van der Waals surface area contributed by atoms with Gasteiger partial charge < -0.3 is 18.9 Å². The van der Waals surface area contributed by atoms with Crippen molar-refractivity contribution in [2.45, 2.75) is 19.6 Å². The maximum Gasteiger partial charge on any atom is 0.276 e. The number of rotatable bonds is 7. The fourth-order valence-corrected chi connectivity index (χ4v) is 2.57. The van der Waals surface area contributed by atoms with Gasteiger partial charge in [-0.05, 0) is 30.7 Å². The van der Waals surface area contributed by atoms with Gasteiger partial charge in [0, 0.05) is 25.5 Å². The van der Waals surface area contributed by atoms with E-state index in [1.807, 2.05) is 31.2 Å². The highest BCUT2D eigenvalue weighted by molar-refractivity contribution is 5.92. The second-order valence-corrected chi connectivity index (χ2v) is 6.00. The van der Waals surface area contributed by atoms with Gasteiger partial charge in [-0.1, -0.05) is 23.4 Å². The van der Waals surface area contributed by atoms with Gasteiger partial charge in [0.05, 0.1) is 13.2 Å². The number of amides is 1. The van der Waals surface area contributed by atoms with Crippen LogP contribution in [0.2, 0.25) is 0 Å². The molecule has 140 valence electrons. The van der Waals surface area contributed by atoms with E-state index in [-0.39, 0.29) is 24.2 Å². The lowest BCUT2D eigenvalue weighted by Gasteiger charge is -2.24. The van der Waals surface area contributed by atoms with Crippen molar-refractivity contribution in [2.24, 2.45) is 0 Å². The van der Waals surface area contributed by atoms with Gasteiger partial charge in [-0.2, -0.15) is 0 Å². The third-order valence-corrected chi connectivity index (χ3v) is 4.29. The van der Waals surface area contributed by atoms with Gasteiger partial charge in [-0.15, -0.1) is 0 Å². The lowest BCUT2D eigenvalue weighted by atomic mass is 10.1. The molecule has 0 saturated heterocycles. The van der Waals surface area contributed by atoms with E-state index in [4.69, 9.17) is 14.0 Å². The Balaban J connectivity index is 1.65. The van der Waals surface area contributed by atoms with Crippen molar-refractivity contribution in [2.75, 3.05) is 14.2 Å². The number of methoxy groups -OCH3 is 1. The highest BCUT2D eigenvalue weighted by Crippen LogP contribution is 2.27. The van der Waals surface area contributed by atoms with E-state index in [2.05, 4.69) is 10.1 Å². The highest BCUT2D eigenvalue weighted by atomic mass is 16.5. The number of hydrogen-bond donors (Lipinski definition) is 0. The first-order chi connectivity index (χ1) is 13.1. The van der Waals surface area contributed by atoms with Crippen LogP contribution in [-0.2, 0) is 6.61 Å². The van der Waals surface area contributed by atoms with Crippen LogP contribution < -0.4 is 9.47 Å². The molecule has 0 radical (unpaired) electrons. The summed E-state index contributed by atoms with van der Waals surface area (Å²) in [5, 5.41) is 3.88. The van der Waals surface area contributed by atoms with Crippen LogP contribution >= 0.6 is 0 Å². The van der Waals surface area contributed by atoms with Crippen LogP contribution in [0.25, 0.3) is 0 Å². The second-order valence-electron chi connectivity index (χ2n) is 6.00. The van der Waals surface area contributed by atoms with Gasteiger partial charge >= 0.3 is 0 Å². The molecule has 3 rings (SSSR count). The Morgan fingerprint density at radius 2 is 2.00 bits per heavy atom. The molecular formula is C20H21N3O4. The third kappa shape index (κ3) is 4.25. The Morgan fingerprint density at radius 1 is 1.22 bits per heavy atom. The molecule has 0 bridgehead atoms. The average Bonchev–Trinajstić information content (AvgIpc) is 3.20. The SMILES string of the molecule is COc1ccccc1OCc1cc(C(=O)N(C)C(C)c2cccnc2)no1. The van der Waals surface area contributed by atoms with Gasteiger partial charge in [-0.3, -0.25) is 9.78 Å². The zero-order valence-electron chi connectivity index (χ0n) is 15.5. The Bertz CT molecular complexity index is 895. The van der Waals surface area contributed by atoms with Gasteiger partial charge in [0.2, 0.25) is 0 Å². The molecular weight excluding hydrogens is 346 g/mol. The van der Waals surface area contributed by atoms with E-state index in [0.29, 0.717) is 17.3 Å². The van der Waals surface area contributed by atoms with E-state index in [9.17, 15) is 4.79 Å². The number of carbonyl (C=O) groups is 1. The first-order valence-electron chi connectivity index (χ1n) is 8.48. The molecule has 0 aliphatic carbocycles. The summed E-state index contributed by atoms with van der Waals surface area (Å²) in [5.41, 5.74) is 1.17. The molecule has 0 aliphatic heterocycles. The van der Waals surface area contributed by atoms with Crippen LogP contribution in [0.1, 0.15) is 34.8 Å². The van der Waals surface area contributed by atoms with E-state index >= 15 is 0 Å². The van der Waals surface area contributed by atoms with Crippen LogP contribution in [0.15, 0.2) is 59.4 Å². The van der Waals surface area contributed by atoms with Crippen LogP contribution in [-0.4, -0.2) is 35.1 Å². The van der Waals surface area contributed by atoms with Gasteiger partial charge in [-0.25, -0.2) is 0 Å². The highest BCUT2D eigenvalue weighted by Gasteiger charge is 2.22. The van der Waals surface area contributed by atoms with Crippen LogP contribution in [0, 0.1) is 0 Å². The number of carbonyl (C=O) groups excluding carboxylic acids is 1. The summed E-state index contributed by atoms with van der Waals surface area (Å²) in [6.45, 7) is 2.07. The lowest BCUT2D eigenvalue weighted by Crippen LogP contribution is -2.29. The van der Waals surface area contributed by atoms with Gasteiger partial charge in [0.1, 0.15) is 6.61 Å². The van der Waals surface area contributed by atoms with Crippen molar-refractivity contribution in [3.63, 3.8) is 0 Å². The number of aromatic nitrogens is 2. The fraction of sp³-hybridized carbons (Fsp3) is 0.250. The molecule has 1 atom stereocenters. The van der Waals surface area contributed by atoms with Crippen molar-refractivity contribution >= 4 is 5.91 Å². The molecule has 0 aliphatic rings. The van der Waals surface area contributed by atoms with Gasteiger partial charge in [0.25, 0.3) is 5.91 Å². The van der Waals surface area contributed by atoms with Crippen molar-refractivity contribution in [1.82, 2.24) is 15.0 Å². The monoisotopic (exact) mass is 367 g/mol. The standard InChI is InChI=1S/C20H21N3O4/c1-14(15-7-6-10-21-12-15)23(2)20(24)17-11-16(27-22-17)13-26-19-9-5-4-8-18(19)25-3/h4-12,14H,13H2,1-3H3. The molecule has 27 heavy (non-hydrogen) atoms. The smallest absolute Gasteiger partial charge is 0.276 e. The molecule has 2 aromatic heterocycles. The van der Waals surface area contributed by atoms with Crippen molar-refractivity contribution in [3.8, 4) is 11.5 Å². The zero-order chi connectivity index (χ0) is 19.2. The number of benzene rings is 1. The average molecular weight is 367 g/mol. The molecule has 7 nitrogen and oxygen atoms in total. The van der Waals surface area contributed by atoms with Crippen molar-refractivity contribution in [1.29, 1.82) is 0 Å². The minimum atomic E-state index is -0.237. The summed E-state index contributed by atoms with van der Waals surface area (Å²) in [4.78, 5) is 18.4. The predicted octanol–water partition coefficient (Wildman–Crippen LogP) is 3.49. The predicted molar refractivity (Wildman–Crippen MR) is 98.6 cm³/mol. The molecule has 7 heteroatoms. The van der Waals surface area contributed by atoms with Crippen LogP contribution in [0.5, 0.6) is 11.5 Å².